The first kappa shape index (κ1) is 13.4. The van der Waals surface area contributed by atoms with Crippen molar-refractivity contribution < 1.29 is 9.53 Å². The third-order valence-corrected chi connectivity index (χ3v) is 3.58. The Kier molecular flexibility index (Phi) is 4.61. The summed E-state index contributed by atoms with van der Waals surface area (Å²) in [6.07, 6.45) is 3.36. The Morgan fingerprint density at radius 2 is 2.39 bits per heavy atom. The molecule has 0 saturated carbocycles. The first-order valence-electron chi connectivity index (χ1n) is 6.36. The van der Waals surface area contributed by atoms with E-state index in [2.05, 4.69) is 11.8 Å². The summed E-state index contributed by atoms with van der Waals surface area (Å²) in [5, 5.41) is 0.624. The smallest absolute Gasteiger partial charge is 0.150 e. The van der Waals surface area contributed by atoms with Crippen LogP contribution in [-0.2, 0) is 4.74 Å². The van der Waals surface area contributed by atoms with Gasteiger partial charge in [0.1, 0.15) is 6.29 Å². The lowest BCUT2D eigenvalue weighted by molar-refractivity contribution is 0.112. The van der Waals surface area contributed by atoms with E-state index in [0.29, 0.717) is 16.7 Å². The summed E-state index contributed by atoms with van der Waals surface area (Å²) >= 11 is 6.23. The lowest BCUT2D eigenvalue weighted by Crippen LogP contribution is -2.32. The fourth-order valence-corrected chi connectivity index (χ4v) is 2.59. The first-order chi connectivity index (χ1) is 8.74. The quantitative estimate of drug-likeness (QED) is 0.768. The van der Waals surface area contributed by atoms with Gasteiger partial charge in [0.25, 0.3) is 0 Å². The molecule has 98 valence electrons. The molecule has 0 aromatic heterocycles. The molecule has 1 aromatic carbocycles. The van der Waals surface area contributed by atoms with Crippen molar-refractivity contribution in [1.82, 2.24) is 0 Å². The number of carbonyl (C=O) groups is 1. The highest BCUT2D eigenvalue weighted by Gasteiger charge is 2.19. The van der Waals surface area contributed by atoms with Gasteiger partial charge in [0.15, 0.2) is 0 Å². The molecule has 1 aliphatic rings. The second-order valence-electron chi connectivity index (χ2n) is 4.50. The summed E-state index contributed by atoms with van der Waals surface area (Å²) in [6.45, 7) is 4.69. The lowest BCUT2D eigenvalue weighted by Gasteiger charge is -2.27. The molecule has 3 nitrogen and oxygen atoms in total. The zero-order valence-electron chi connectivity index (χ0n) is 10.6. The van der Waals surface area contributed by atoms with Gasteiger partial charge in [-0.05, 0) is 38.0 Å². The van der Waals surface area contributed by atoms with Crippen LogP contribution in [0.3, 0.4) is 0 Å². The highest BCUT2D eigenvalue weighted by molar-refractivity contribution is 6.33. The van der Waals surface area contributed by atoms with Gasteiger partial charge in [-0.2, -0.15) is 0 Å². The Morgan fingerprint density at radius 1 is 1.56 bits per heavy atom. The molecular weight excluding hydrogens is 250 g/mol. The van der Waals surface area contributed by atoms with E-state index < -0.39 is 0 Å². The molecule has 18 heavy (non-hydrogen) atoms. The summed E-state index contributed by atoms with van der Waals surface area (Å²) in [5.41, 5.74) is 1.58. The first-order valence-corrected chi connectivity index (χ1v) is 6.73. The molecule has 4 heteroatoms. The minimum absolute atomic E-state index is 0.298. The van der Waals surface area contributed by atoms with Crippen molar-refractivity contribution in [3.63, 3.8) is 0 Å². The van der Waals surface area contributed by atoms with Crippen LogP contribution in [-0.4, -0.2) is 32.1 Å². The topological polar surface area (TPSA) is 29.5 Å². The summed E-state index contributed by atoms with van der Waals surface area (Å²) in [4.78, 5) is 12.9. The summed E-state index contributed by atoms with van der Waals surface area (Å²) in [6, 6.07) is 5.42. The van der Waals surface area contributed by atoms with Crippen LogP contribution in [0, 0.1) is 0 Å². The number of nitrogens with zero attached hydrogens (tertiary/aromatic N) is 1. The molecule has 0 bridgehead atoms. The molecule has 1 heterocycles. The molecule has 1 aliphatic heterocycles. The number of hydrogen-bond donors (Lipinski definition) is 0. The molecule has 2 rings (SSSR count). The molecule has 1 fully saturated rings. The van der Waals surface area contributed by atoms with E-state index in [9.17, 15) is 4.79 Å². The second-order valence-corrected chi connectivity index (χ2v) is 4.91. The normalized spacial score (nSPS) is 18.9. The van der Waals surface area contributed by atoms with E-state index >= 15 is 0 Å². The van der Waals surface area contributed by atoms with Gasteiger partial charge in [0.05, 0.1) is 16.8 Å². The molecule has 0 aliphatic carbocycles. The number of anilines is 1. The van der Waals surface area contributed by atoms with Crippen LogP contribution >= 0.6 is 11.6 Å². The molecule has 0 N–H and O–H groups in total. The number of halogens is 1. The van der Waals surface area contributed by atoms with Crippen LogP contribution in [0.4, 0.5) is 5.69 Å². The van der Waals surface area contributed by atoms with Crippen molar-refractivity contribution in [3.8, 4) is 0 Å². The van der Waals surface area contributed by atoms with Gasteiger partial charge >= 0.3 is 0 Å². The Balaban J connectivity index is 2.13. The number of hydrogen-bond acceptors (Lipinski definition) is 3. The average molecular weight is 268 g/mol. The van der Waals surface area contributed by atoms with Gasteiger partial charge in [-0.1, -0.05) is 11.6 Å². The fourth-order valence-electron chi connectivity index (χ4n) is 2.28. The van der Waals surface area contributed by atoms with E-state index in [-0.39, 0.29) is 0 Å². The second kappa shape index (κ2) is 6.21. The van der Waals surface area contributed by atoms with Gasteiger partial charge < -0.3 is 9.64 Å². The minimum Gasteiger partial charge on any atom is -0.376 e. The third kappa shape index (κ3) is 3.03. The molecule has 1 aromatic rings. The largest absolute Gasteiger partial charge is 0.376 e. The lowest BCUT2D eigenvalue weighted by atomic mass is 10.2. The molecule has 1 unspecified atom stereocenters. The highest BCUT2D eigenvalue weighted by Crippen LogP contribution is 2.27. The van der Waals surface area contributed by atoms with E-state index in [1.165, 1.54) is 0 Å². The SMILES string of the molecule is CCN(CC1CCCO1)c1ccc(C=O)cc1Cl. The Hall–Kier alpha value is -1.06. The maximum Gasteiger partial charge on any atom is 0.150 e. The van der Waals surface area contributed by atoms with Crippen LogP contribution in [0.15, 0.2) is 18.2 Å². The number of benzene rings is 1. The Labute approximate surface area is 113 Å². The predicted octanol–water partition coefficient (Wildman–Crippen LogP) is 3.16. The Morgan fingerprint density at radius 3 is 2.94 bits per heavy atom. The van der Waals surface area contributed by atoms with Gasteiger partial charge in [0, 0.05) is 25.3 Å². The monoisotopic (exact) mass is 267 g/mol. The van der Waals surface area contributed by atoms with E-state index in [4.69, 9.17) is 16.3 Å². The van der Waals surface area contributed by atoms with Gasteiger partial charge in [0.2, 0.25) is 0 Å². The maximum absolute atomic E-state index is 10.7. The minimum atomic E-state index is 0.298. The highest BCUT2D eigenvalue weighted by atomic mass is 35.5. The van der Waals surface area contributed by atoms with E-state index in [1.54, 1.807) is 12.1 Å². The zero-order chi connectivity index (χ0) is 13.0. The summed E-state index contributed by atoms with van der Waals surface area (Å²) in [7, 11) is 0. The number of likely N-dealkylation sites (N-methyl/N-ethyl adjacent to an activating group) is 1. The standard InChI is InChI=1S/C14H18ClNO2/c1-2-16(9-12-4-3-7-18-12)14-6-5-11(10-17)8-13(14)15/h5-6,8,10,12H,2-4,7,9H2,1H3. The van der Waals surface area contributed by atoms with Crippen LogP contribution in [0.25, 0.3) is 0 Å². The molecule has 0 amide bonds. The van der Waals surface area contributed by atoms with Crippen LogP contribution in [0.2, 0.25) is 5.02 Å². The van der Waals surface area contributed by atoms with Crippen LogP contribution in [0.5, 0.6) is 0 Å². The summed E-state index contributed by atoms with van der Waals surface area (Å²) < 4.78 is 5.65. The molecule has 1 atom stereocenters. The zero-order valence-corrected chi connectivity index (χ0v) is 11.3. The van der Waals surface area contributed by atoms with Gasteiger partial charge in [-0.15, -0.1) is 0 Å². The third-order valence-electron chi connectivity index (χ3n) is 3.28. The van der Waals surface area contributed by atoms with Crippen molar-refractivity contribution in [2.75, 3.05) is 24.6 Å². The van der Waals surface area contributed by atoms with Crippen molar-refractivity contribution in [2.45, 2.75) is 25.9 Å². The molecular formula is C14H18ClNO2. The molecule has 0 radical (unpaired) electrons. The van der Waals surface area contributed by atoms with E-state index in [0.717, 1.165) is 44.5 Å². The van der Waals surface area contributed by atoms with Crippen LogP contribution < -0.4 is 4.90 Å². The molecule has 0 spiro atoms. The van der Waals surface area contributed by atoms with Crippen LogP contribution in [0.1, 0.15) is 30.1 Å². The predicted molar refractivity (Wildman–Crippen MR) is 73.7 cm³/mol. The summed E-state index contributed by atoms with van der Waals surface area (Å²) in [5.74, 6) is 0. The van der Waals surface area contributed by atoms with Crippen molar-refractivity contribution >= 4 is 23.6 Å². The fraction of sp³-hybridized carbons (Fsp3) is 0.500. The number of ether oxygens (including phenoxy) is 1. The maximum atomic E-state index is 10.7. The van der Waals surface area contributed by atoms with Gasteiger partial charge in [-0.25, -0.2) is 0 Å². The number of aldehydes is 1. The number of carbonyl (C=O) groups excluding carboxylic acids is 1. The Bertz CT molecular complexity index is 416. The number of rotatable bonds is 5. The van der Waals surface area contributed by atoms with Crippen molar-refractivity contribution in [2.24, 2.45) is 0 Å². The van der Waals surface area contributed by atoms with Crippen molar-refractivity contribution in [1.29, 1.82) is 0 Å². The molecule has 1 saturated heterocycles. The van der Waals surface area contributed by atoms with E-state index in [1.807, 2.05) is 6.07 Å². The van der Waals surface area contributed by atoms with Crippen molar-refractivity contribution in [3.05, 3.63) is 28.8 Å². The van der Waals surface area contributed by atoms with Gasteiger partial charge in [-0.3, -0.25) is 4.79 Å². The average Bonchev–Trinajstić information content (AvgIpc) is 2.89.